The first-order valence-corrected chi connectivity index (χ1v) is 21.0. The van der Waals surface area contributed by atoms with Crippen LogP contribution in [0, 0.1) is 11.7 Å². The molecule has 3 aromatic heterocycles. The van der Waals surface area contributed by atoms with E-state index in [1.165, 1.54) is 27.3 Å². The van der Waals surface area contributed by atoms with Gasteiger partial charge in [0.15, 0.2) is 5.82 Å². The number of aromatic nitrogens is 4. The van der Waals surface area contributed by atoms with E-state index in [1.807, 2.05) is 13.1 Å². The minimum absolute atomic E-state index is 0.0379. The summed E-state index contributed by atoms with van der Waals surface area (Å²) in [5, 5.41) is 28.6. The number of carbonyl (C=O) groups excluding carboxylic acids is 5. The summed E-state index contributed by atoms with van der Waals surface area (Å²) < 4.78 is 16.7. The van der Waals surface area contributed by atoms with Gasteiger partial charge in [-0.05, 0) is 88.3 Å². The van der Waals surface area contributed by atoms with Gasteiger partial charge in [-0.25, -0.2) is 19.2 Å². The average Bonchev–Trinajstić information content (AvgIpc) is 3.72. The quantitative estimate of drug-likeness (QED) is 0.0801. The van der Waals surface area contributed by atoms with Gasteiger partial charge in [0.1, 0.15) is 18.3 Å². The van der Waals surface area contributed by atoms with Crippen molar-refractivity contribution in [1.82, 2.24) is 50.8 Å². The van der Waals surface area contributed by atoms with E-state index in [2.05, 4.69) is 41.7 Å². The van der Waals surface area contributed by atoms with E-state index < -0.39 is 23.9 Å². The number of rotatable bonds is 18. The van der Waals surface area contributed by atoms with Crippen molar-refractivity contribution in [3.63, 3.8) is 0 Å². The number of fused-ring (bicyclic) bond motifs is 1. The number of imide groups is 1. The van der Waals surface area contributed by atoms with Crippen LogP contribution in [-0.4, -0.2) is 115 Å². The third-order valence-corrected chi connectivity index (χ3v) is 12.5. The predicted molar refractivity (Wildman–Crippen MR) is 212 cm³/mol. The molecule has 1 unspecified atom stereocenters. The molecule has 0 radical (unpaired) electrons. The fourth-order valence-electron chi connectivity index (χ4n) is 7.94. The van der Waals surface area contributed by atoms with Crippen LogP contribution in [-0.2, 0) is 45.7 Å². The Morgan fingerprint density at radius 1 is 1.02 bits per heavy atom. The summed E-state index contributed by atoms with van der Waals surface area (Å²) in [5.41, 5.74) is 2.63. The molecule has 3 fully saturated rings. The molecular weight excluding hydrogens is 786 g/mol. The van der Waals surface area contributed by atoms with Crippen LogP contribution in [0.5, 0.6) is 0 Å². The van der Waals surface area contributed by atoms with Crippen molar-refractivity contribution in [3.05, 3.63) is 45.3 Å². The Hall–Kier alpha value is -5.50. The van der Waals surface area contributed by atoms with E-state index in [1.54, 1.807) is 10.9 Å². The molecule has 18 nitrogen and oxygen atoms in total. The van der Waals surface area contributed by atoms with Crippen molar-refractivity contribution in [3.8, 4) is 11.3 Å². The van der Waals surface area contributed by atoms with E-state index in [4.69, 9.17) is 0 Å². The maximum atomic E-state index is 14.9. The van der Waals surface area contributed by atoms with Crippen molar-refractivity contribution in [2.45, 2.75) is 102 Å². The first kappa shape index (κ1) is 41.7. The number of thiophene rings is 1. The summed E-state index contributed by atoms with van der Waals surface area (Å²) in [6, 6.07) is 0.838. The summed E-state index contributed by atoms with van der Waals surface area (Å²) in [6.07, 6.45) is 8.94. The molecule has 7 rings (SSSR count). The Balaban J connectivity index is 0.756. The largest absolute Gasteiger partial charge is 0.465 e. The molecular formula is C39H50FN11O7S. The Bertz CT molecular complexity index is 2080. The summed E-state index contributed by atoms with van der Waals surface area (Å²) in [5.74, 6) is -1.23. The van der Waals surface area contributed by atoms with Gasteiger partial charge in [0.25, 0.3) is 5.91 Å². The van der Waals surface area contributed by atoms with Gasteiger partial charge in [-0.2, -0.15) is 5.10 Å². The summed E-state index contributed by atoms with van der Waals surface area (Å²) in [7, 11) is 1.85. The Labute approximate surface area is 344 Å². The fraction of sp³-hybridized carbons (Fsp3) is 0.564. The minimum atomic E-state index is -1.16. The van der Waals surface area contributed by atoms with Crippen LogP contribution in [0.1, 0.15) is 90.0 Å². The van der Waals surface area contributed by atoms with Gasteiger partial charge >= 0.3 is 6.09 Å². The van der Waals surface area contributed by atoms with E-state index >= 15 is 0 Å². The molecule has 20 heteroatoms. The zero-order chi connectivity index (χ0) is 41.6. The van der Waals surface area contributed by atoms with Gasteiger partial charge in [0.05, 0.1) is 30.4 Å². The second-order valence-electron chi connectivity index (χ2n) is 15.7. The van der Waals surface area contributed by atoms with Crippen molar-refractivity contribution < 1.29 is 38.3 Å². The third kappa shape index (κ3) is 10.4. The van der Waals surface area contributed by atoms with E-state index in [-0.39, 0.29) is 74.0 Å². The van der Waals surface area contributed by atoms with Gasteiger partial charge in [-0.1, -0.05) is 0 Å². The van der Waals surface area contributed by atoms with Crippen LogP contribution >= 0.6 is 11.3 Å². The molecule has 3 aromatic rings. The molecule has 6 amide bonds. The van der Waals surface area contributed by atoms with Gasteiger partial charge < -0.3 is 31.3 Å². The summed E-state index contributed by atoms with van der Waals surface area (Å²) in [4.78, 5) is 86.7. The minimum Gasteiger partial charge on any atom is -0.465 e. The molecule has 59 heavy (non-hydrogen) atoms. The summed E-state index contributed by atoms with van der Waals surface area (Å²) >= 11 is 1.28. The highest BCUT2D eigenvalue weighted by Crippen LogP contribution is 2.36. The molecule has 0 aromatic carbocycles. The van der Waals surface area contributed by atoms with Gasteiger partial charge in [0, 0.05) is 54.8 Å². The second-order valence-corrected chi connectivity index (χ2v) is 16.8. The molecule has 316 valence electrons. The van der Waals surface area contributed by atoms with Crippen molar-refractivity contribution in [1.29, 1.82) is 0 Å². The normalized spacial score (nSPS) is 20.3. The number of nitrogens with one attached hydrogen (secondary N) is 5. The maximum absolute atomic E-state index is 14.9. The Kier molecular flexibility index (Phi) is 13.1. The zero-order valence-corrected chi connectivity index (χ0v) is 33.7. The number of amides is 6. The highest BCUT2D eigenvalue weighted by atomic mass is 32.1. The molecule has 1 saturated heterocycles. The summed E-state index contributed by atoms with van der Waals surface area (Å²) in [6.45, 7) is 1.28. The number of piperidine rings is 1. The van der Waals surface area contributed by atoms with Crippen LogP contribution in [0.2, 0.25) is 0 Å². The molecule has 2 aliphatic heterocycles. The molecule has 6 N–H and O–H groups in total. The number of hydrogen-bond acceptors (Lipinski definition) is 12. The average molecular weight is 836 g/mol. The number of carbonyl (C=O) groups is 6. The number of unbranched alkanes of at least 4 members (excludes halogenated alkanes) is 1. The molecule has 4 aliphatic rings. The molecule has 1 atom stereocenters. The number of nitrogens with zero attached hydrogens (tertiary/aromatic N) is 6. The first-order chi connectivity index (χ1) is 28.4. The van der Waals surface area contributed by atoms with Gasteiger partial charge in [-0.3, -0.25) is 38.9 Å². The van der Waals surface area contributed by atoms with Crippen LogP contribution in [0.4, 0.5) is 15.1 Å². The van der Waals surface area contributed by atoms with Crippen molar-refractivity contribution >= 4 is 52.9 Å². The number of hydrogen-bond donors (Lipinski definition) is 6. The van der Waals surface area contributed by atoms with E-state index in [0.717, 1.165) is 35.4 Å². The molecule has 2 saturated carbocycles. The lowest BCUT2D eigenvalue weighted by molar-refractivity contribution is -0.137. The fourth-order valence-corrected chi connectivity index (χ4v) is 9.01. The third-order valence-electron chi connectivity index (χ3n) is 11.4. The van der Waals surface area contributed by atoms with Crippen LogP contribution in [0.3, 0.4) is 0 Å². The van der Waals surface area contributed by atoms with Crippen LogP contribution in [0.25, 0.3) is 11.3 Å². The lowest BCUT2D eigenvalue weighted by Gasteiger charge is -2.35. The van der Waals surface area contributed by atoms with Crippen LogP contribution in [0.15, 0.2) is 18.5 Å². The Morgan fingerprint density at radius 2 is 1.80 bits per heavy atom. The molecule has 2 aliphatic carbocycles. The van der Waals surface area contributed by atoms with Gasteiger partial charge in [-0.15, -0.1) is 11.3 Å². The lowest BCUT2D eigenvalue weighted by atomic mass is 9.90. The van der Waals surface area contributed by atoms with Gasteiger partial charge in [0.2, 0.25) is 29.6 Å². The standard InChI is InChI=1S/C39H50FN11O7S/c1-49-30(14-22-4-5-22)27(17-45-49)34-28(40)18-44-38(48-34)46-24-6-8-25(9-7-24)50(39(57)58)21-33(54)42-13-3-2-12-41-19-32(53)43-16-26-15-23-20-51(37(56)35(23)59-26)29-10-11-31(52)47-36(29)55/h15,17-18,22,24-25,29,41H,2-14,16,19-21H2,1H3,(H,42,54)(H,43,53)(H,57,58)(H,44,46,48)(H,47,52,55)/t24-,25-,29?. The molecule has 0 bridgehead atoms. The highest BCUT2D eigenvalue weighted by Gasteiger charge is 2.40. The molecule has 0 spiro atoms. The van der Waals surface area contributed by atoms with Crippen molar-refractivity contribution in [2.75, 3.05) is 31.5 Å². The zero-order valence-electron chi connectivity index (χ0n) is 32.9. The topological polar surface area (TPSA) is 233 Å². The predicted octanol–water partition coefficient (Wildman–Crippen LogP) is 2.30. The monoisotopic (exact) mass is 835 g/mol. The van der Waals surface area contributed by atoms with E-state index in [9.17, 15) is 38.3 Å². The number of halogens is 1. The van der Waals surface area contributed by atoms with E-state index in [0.29, 0.717) is 80.3 Å². The van der Waals surface area contributed by atoms with Crippen LogP contribution < -0.4 is 26.6 Å². The Morgan fingerprint density at radius 3 is 2.53 bits per heavy atom. The number of carboxylic acid groups (broad SMARTS) is 1. The van der Waals surface area contributed by atoms with Crippen molar-refractivity contribution in [2.24, 2.45) is 13.0 Å². The smallest absolute Gasteiger partial charge is 0.408 e. The number of aryl methyl sites for hydroxylation is 1. The molecule has 5 heterocycles. The first-order valence-electron chi connectivity index (χ1n) is 20.2. The lowest BCUT2D eigenvalue weighted by Crippen LogP contribution is -2.52. The highest BCUT2D eigenvalue weighted by molar-refractivity contribution is 7.14. The number of anilines is 1. The second kappa shape index (κ2) is 18.6. The maximum Gasteiger partial charge on any atom is 0.408 e. The SMILES string of the molecule is Cn1ncc(-c2nc(N[C@H]3CC[C@H](N(CC(=O)NCCCCNCC(=O)NCc4cc5c(s4)C(=O)N(C4CCC(=O)NC4=O)C5)C(=O)O)CC3)ncc2F)c1CC1CC1.